The molecule has 2 aliphatic heterocycles. The molecular weight excluding hydrogens is 406 g/mol. The number of benzene rings is 1. The molecule has 0 saturated carbocycles. The Hall–Kier alpha value is -2.12. The maximum atomic E-state index is 13.5. The second-order valence-electron chi connectivity index (χ2n) is 9.77. The van der Waals surface area contributed by atoms with Gasteiger partial charge in [0, 0.05) is 25.7 Å². The SMILES string of the molecule is CCCC[C@H]1CN(Cc2ccccc2)C[C@@H]2N(C(=O)OCC(C)C)O[C@H](C(C)C)C(=O)N12. The fraction of sp³-hybridized carbons (Fsp3) is 0.680. The van der Waals surface area contributed by atoms with E-state index in [9.17, 15) is 9.59 Å². The van der Waals surface area contributed by atoms with E-state index in [0.717, 1.165) is 32.4 Å². The number of rotatable bonds is 8. The molecule has 32 heavy (non-hydrogen) atoms. The van der Waals surface area contributed by atoms with Crippen molar-refractivity contribution in [3.63, 3.8) is 0 Å². The van der Waals surface area contributed by atoms with E-state index in [2.05, 4.69) is 24.0 Å². The molecular formula is C25H39N3O4. The van der Waals surface area contributed by atoms with Gasteiger partial charge in [-0.15, -0.1) is 0 Å². The molecule has 0 radical (unpaired) electrons. The lowest BCUT2D eigenvalue weighted by Gasteiger charge is -2.53. The Morgan fingerprint density at radius 1 is 1.16 bits per heavy atom. The highest BCUT2D eigenvalue weighted by atomic mass is 16.7. The molecule has 0 bridgehead atoms. The lowest BCUT2D eigenvalue weighted by Crippen LogP contribution is -2.72. The van der Waals surface area contributed by atoms with Gasteiger partial charge in [-0.2, -0.15) is 5.06 Å². The largest absolute Gasteiger partial charge is 0.448 e. The van der Waals surface area contributed by atoms with Gasteiger partial charge in [0.2, 0.25) is 0 Å². The smallest absolute Gasteiger partial charge is 0.436 e. The first-order valence-electron chi connectivity index (χ1n) is 12.0. The molecule has 2 saturated heterocycles. The number of ether oxygens (including phenoxy) is 1. The van der Waals surface area contributed by atoms with Crippen molar-refractivity contribution in [2.45, 2.75) is 78.7 Å². The number of amides is 2. The molecule has 7 heteroatoms. The van der Waals surface area contributed by atoms with Gasteiger partial charge >= 0.3 is 6.09 Å². The fourth-order valence-corrected chi connectivity index (χ4v) is 4.44. The van der Waals surface area contributed by atoms with Crippen LogP contribution in [0.2, 0.25) is 0 Å². The first-order chi connectivity index (χ1) is 15.3. The molecule has 2 fully saturated rings. The molecule has 3 rings (SSSR count). The Balaban J connectivity index is 1.88. The van der Waals surface area contributed by atoms with E-state index in [4.69, 9.17) is 9.57 Å². The fourth-order valence-electron chi connectivity index (χ4n) is 4.44. The molecule has 0 aliphatic carbocycles. The second-order valence-corrected chi connectivity index (χ2v) is 9.77. The summed E-state index contributed by atoms with van der Waals surface area (Å²) in [5.74, 6) is 0.164. The quantitative estimate of drug-likeness (QED) is 0.598. The van der Waals surface area contributed by atoms with Crippen molar-refractivity contribution in [1.29, 1.82) is 0 Å². The predicted octanol–water partition coefficient (Wildman–Crippen LogP) is 4.28. The van der Waals surface area contributed by atoms with Crippen LogP contribution in [0.25, 0.3) is 0 Å². The molecule has 7 nitrogen and oxygen atoms in total. The van der Waals surface area contributed by atoms with Crippen LogP contribution in [0.15, 0.2) is 30.3 Å². The summed E-state index contributed by atoms with van der Waals surface area (Å²) in [6.45, 7) is 12.5. The Kier molecular flexibility index (Phi) is 8.54. The summed E-state index contributed by atoms with van der Waals surface area (Å²) in [5.41, 5.74) is 1.22. The predicted molar refractivity (Wildman–Crippen MR) is 123 cm³/mol. The maximum absolute atomic E-state index is 13.5. The minimum atomic E-state index is -0.678. The molecule has 1 aromatic rings. The molecule has 178 valence electrons. The van der Waals surface area contributed by atoms with Gasteiger partial charge < -0.3 is 9.64 Å². The van der Waals surface area contributed by atoms with Crippen molar-refractivity contribution in [2.24, 2.45) is 11.8 Å². The van der Waals surface area contributed by atoms with Gasteiger partial charge in [-0.1, -0.05) is 77.8 Å². The summed E-state index contributed by atoms with van der Waals surface area (Å²) in [5, 5.41) is 1.34. The Bertz CT molecular complexity index is 755. The summed E-state index contributed by atoms with van der Waals surface area (Å²) in [7, 11) is 0. The number of hydrogen-bond acceptors (Lipinski definition) is 5. The van der Waals surface area contributed by atoms with Gasteiger partial charge in [0.05, 0.1) is 6.61 Å². The Morgan fingerprint density at radius 3 is 2.50 bits per heavy atom. The minimum absolute atomic E-state index is 0.0154. The molecule has 0 aromatic heterocycles. The number of nitrogens with zero attached hydrogens (tertiary/aromatic N) is 3. The number of carbonyl (C=O) groups is 2. The van der Waals surface area contributed by atoms with Crippen LogP contribution in [0, 0.1) is 11.8 Å². The van der Waals surface area contributed by atoms with Crippen LogP contribution in [-0.2, 0) is 20.9 Å². The van der Waals surface area contributed by atoms with E-state index in [1.165, 1.54) is 10.6 Å². The van der Waals surface area contributed by atoms with Crippen molar-refractivity contribution < 1.29 is 19.2 Å². The zero-order valence-electron chi connectivity index (χ0n) is 20.2. The Morgan fingerprint density at radius 2 is 1.88 bits per heavy atom. The highest BCUT2D eigenvalue weighted by Gasteiger charge is 2.50. The van der Waals surface area contributed by atoms with Crippen molar-refractivity contribution in [2.75, 3.05) is 19.7 Å². The highest BCUT2D eigenvalue weighted by molar-refractivity contribution is 5.83. The molecule has 2 heterocycles. The first-order valence-corrected chi connectivity index (χ1v) is 12.0. The van der Waals surface area contributed by atoms with Gasteiger partial charge in [-0.3, -0.25) is 14.5 Å². The lowest BCUT2D eigenvalue weighted by atomic mass is 9.98. The van der Waals surface area contributed by atoms with E-state index in [-0.39, 0.29) is 23.8 Å². The van der Waals surface area contributed by atoms with Crippen molar-refractivity contribution >= 4 is 12.0 Å². The molecule has 3 atom stereocenters. The van der Waals surface area contributed by atoms with Crippen LogP contribution < -0.4 is 0 Å². The van der Waals surface area contributed by atoms with Crippen LogP contribution in [0.5, 0.6) is 0 Å². The van der Waals surface area contributed by atoms with E-state index in [0.29, 0.717) is 13.2 Å². The van der Waals surface area contributed by atoms with Crippen LogP contribution in [-0.4, -0.2) is 64.9 Å². The van der Waals surface area contributed by atoms with Crippen LogP contribution in [0.3, 0.4) is 0 Å². The maximum Gasteiger partial charge on any atom is 0.436 e. The van der Waals surface area contributed by atoms with Gasteiger partial charge in [0.1, 0.15) is 6.17 Å². The molecule has 0 spiro atoms. The van der Waals surface area contributed by atoms with Gasteiger partial charge in [-0.05, 0) is 23.8 Å². The third-order valence-electron chi connectivity index (χ3n) is 6.07. The molecule has 0 unspecified atom stereocenters. The second kappa shape index (κ2) is 11.1. The normalized spacial score (nSPS) is 24.2. The molecule has 2 amide bonds. The van der Waals surface area contributed by atoms with Crippen LogP contribution >= 0.6 is 0 Å². The van der Waals surface area contributed by atoms with E-state index >= 15 is 0 Å². The van der Waals surface area contributed by atoms with Gasteiger partial charge in [0.15, 0.2) is 6.10 Å². The van der Waals surface area contributed by atoms with Gasteiger partial charge in [-0.25, -0.2) is 4.79 Å². The van der Waals surface area contributed by atoms with Crippen molar-refractivity contribution in [1.82, 2.24) is 14.9 Å². The van der Waals surface area contributed by atoms with Crippen LogP contribution in [0.1, 0.15) is 59.4 Å². The zero-order valence-corrected chi connectivity index (χ0v) is 20.2. The van der Waals surface area contributed by atoms with Crippen molar-refractivity contribution in [3.8, 4) is 0 Å². The van der Waals surface area contributed by atoms with E-state index < -0.39 is 18.4 Å². The molecule has 0 N–H and O–H groups in total. The average molecular weight is 446 g/mol. The highest BCUT2D eigenvalue weighted by Crippen LogP contribution is 2.32. The average Bonchev–Trinajstić information content (AvgIpc) is 2.76. The number of hydroxylamine groups is 2. The number of hydrogen-bond donors (Lipinski definition) is 0. The first kappa shape index (κ1) is 24.5. The molecule has 2 aliphatic rings. The summed E-state index contributed by atoms with van der Waals surface area (Å²) in [4.78, 5) is 36.8. The van der Waals surface area contributed by atoms with E-state index in [1.54, 1.807) is 0 Å². The van der Waals surface area contributed by atoms with E-state index in [1.807, 2.05) is 50.8 Å². The standard InChI is InChI=1S/C25H39N3O4/c1-6-7-13-21-15-26(14-20-11-9-8-10-12-20)16-22-27(21)24(29)23(19(4)5)32-28(22)25(30)31-17-18(2)3/h8-12,18-19,21-23H,6-7,13-17H2,1-5H3/t21-,22-,23+/m0/s1. The van der Waals surface area contributed by atoms with Gasteiger partial charge in [0.25, 0.3) is 5.91 Å². The number of piperazine rings is 1. The summed E-state index contributed by atoms with van der Waals surface area (Å²) in [6.07, 6.45) is 1.32. The van der Waals surface area contributed by atoms with Crippen LogP contribution in [0.4, 0.5) is 4.79 Å². The zero-order chi connectivity index (χ0) is 23.3. The number of unbranched alkanes of at least 4 members (excludes halogenated alkanes) is 1. The summed E-state index contributed by atoms with van der Waals surface area (Å²) >= 11 is 0. The third-order valence-corrected chi connectivity index (χ3v) is 6.07. The molecule has 1 aromatic carbocycles. The third kappa shape index (κ3) is 5.81. The number of fused-ring (bicyclic) bond motifs is 1. The lowest BCUT2D eigenvalue weighted by molar-refractivity contribution is -0.276. The summed E-state index contributed by atoms with van der Waals surface area (Å²) in [6, 6.07) is 10.3. The topological polar surface area (TPSA) is 62.3 Å². The van der Waals surface area contributed by atoms with Crippen molar-refractivity contribution in [3.05, 3.63) is 35.9 Å². The summed E-state index contributed by atoms with van der Waals surface area (Å²) < 4.78 is 5.53. The minimum Gasteiger partial charge on any atom is -0.448 e. The number of carbonyl (C=O) groups excluding carboxylic acids is 2. The monoisotopic (exact) mass is 445 g/mol. The Labute approximate surface area is 192 Å².